The maximum atomic E-state index is 7.06. The smallest absolute Gasteiger partial charge is 0.169 e. The Hall–Kier alpha value is -1.71. The highest BCUT2D eigenvalue weighted by Gasteiger charge is 2.42. The Morgan fingerprint density at radius 2 is 1.64 bits per heavy atom. The van der Waals surface area contributed by atoms with Gasteiger partial charge in [-0.3, -0.25) is 0 Å². The quantitative estimate of drug-likeness (QED) is 0.404. The highest BCUT2D eigenvalue weighted by molar-refractivity contribution is 7.20. The molecule has 0 N–H and O–H groups in total. The molecule has 0 bridgehead atoms. The summed E-state index contributed by atoms with van der Waals surface area (Å²) in [6.07, 6.45) is 2.38. The number of benzene rings is 2. The Balaban J connectivity index is 2.05. The first-order chi connectivity index (χ1) is 13.2. The second-order valence-corrected chi connectivity index (χ2v) is 15.6. The van der Waals surface area contributed by atoms with E-state index in [0.29, 0.717) is 24.7 Å². The number of aryl methyl sites for hydroxylation is 2. The molecule has 2 aliphatic rings. The van der Waals surface area contributed by atoms with Crippen LogP contribution in [0, 0.1) is 19.8 Å². The molecule has 4 rings (SSSR count). The Morgan fingerprint density at radius 1 is 1.00 bits per heavy atom. The van der Waals surface area contributed by atoms with Crippen molar-refractivity contribution in [3.8, 4) is 22.6 Å². The van der Waals surface area contributed by atoms with E-state index in [1.807, 2.05) is 0 Å². The number of allylic oxidation sites excluding steroid dienone is 1. The van der Waals surface area contributed by atoms with E-state index in [0.717, 1.165) is 17.1 Å². The SMILES string of the molecule is Cc1cc(C)cc(-c2c3c(cc4c2OCCO4)C([Si](C)(C)Cl)C(C(C)C)=C3)c1. The predicted octanol–water partition coefficient (Wildman–Crippen LogP) is 6.86. The highest BCUT2D eigenvalue weighted by Crippen LogP contribution is 2.54. The van der Waals surface area contributed by atoms with Crippen LogP contribution in [0.1, 0.15) is 41.6 Å². The van der Waals surface area contributed by atoms with Crippen LogP contribution in [0.25, 0.3) is 17.2 Å². The molecule has 2 nitrogen and oxygen atoms in total. The molecule has 148 valence electrons. The van der Waals surface area contributed by atoms with Gasteiger partial charge in [0.2, 0.25) is 0 Å². The van der Waals surface area contributed by atoms with Gasteiger partial charge in [0.05, 0.1) is 0 Å². The number of halogens is 1. The van der Waals surface area contributed by atoms with Crippen molar-refractivity contribution < 1.29 is 9.47 Å². The second-order valence-electron chi connectivity index (χ2n) is 8.95. The summed E-state index contributed by atoms with van der Waals surface area (Å²) < 4.78 is 12.2. The van der Waals surface area contributed by atoms with Crippen molar-refractivity contribution >= 4 is 24.5 Å². The normalized spacial score (nSPS) is 18.3. The summed E-state index contributed by atoms with van der Waals surface area (Å²) in [6, 6.07) is 8.91. The van der Waals surface area contributed by atoms with E-state index in [1.54, 1.807) is 0 Å². The average Bonchev–Trinajstić information content (AvgIpc) is 2.98. The first-order valence-corrected chi connectivity index (χ1v) is 14.2. The fourth-order valence-electron chi connectivity index (χ4n) is 4.72. The summed E-state index contributed by atoms with van der Waals surface area (Å²) in [5.74, 6) is 2.19. The minimum Gasteiger partial charge on any atom is -0.486 e. The van der Waals surface area contributed by atoms with Crippen molar-refractivity contribution in [2.45, 2.75) is 46.3 Å². The van der Waals surface area contributed by atoms with Gasteiger partial charge in [-0.05, 0) is 42.5 Å². The molecule has 0 radical (unpaired) electrons. The molecule has 0 saturated heterocycles. The molecule has 1 heterocycles. The highest BCUT2D eigenvalue weighted by atomic mass is 35.6. The molecule has 2 aromatic carbocycles. The van der Waals surface area contributed by atoms with Crippen molar-refractivity contribution in [1.29, 1.82) is 0 Å². The summed E-state index contributed by atoms with van der Waals surface area (Å²) in [6.45, 7) is 14.5. The Kier molecular flexibility index (Phi) is 4.87. The van der Waals surface area contributed by atoms with Gasteiger partial charge in [-0.25, -0.2) is 0 Å². The molecule has 1 aliphatic heterocycles. The zero-order chi connectivity index (χ0) is 20.2. The molecule has 0 amide bonds. The van der Waals surface area contributed by atoms with Crippen LogP contribution in [0.3, 0.4) is 0 Å². The third-order valence-corrected chi connectivity index (χ3v) is 8.40. The number of hydrogen-bond donors (Lipinski definition) is 0. The minimum absolute atomic E-state index is 0.296. The van der Waals surface area contributed by atoms with Crippen molar-refractivity contribution in [3.05, 3.63) is 52.1 Å². The van der Waals surface area contributed by atoms with Crippen LogP contribution in [0.5, 0.6) is 11.5 Å². The van der Waals surface area contributed by atoms with Crippen LogP contribution >= 0.6 is 11.1 Å². The van der Waals surface area contributed by atoms with Gasteiger partial charge < -0.3 is 9.47 Å². The van der Waals surface area contributed by atoms with Crippen molar-refractivity contribution in [3.63, 3.8) is 0 Å². The minimum atomic E-state index is -1.98. The Morgan fingerprint density at radius 3 is 2.25 bits per heavy atom. The van der Waals surface area contributed by atoms with Gasteiger partial charge in [0.15, 0.2) is 18.9 Å². The molecular formula is C24H29ClO2Si. The summed E-state index contributed by atoms with van der Waals surface area (Å²) in [7, 11) is -1.98. The summed E-state index contributed by atoms with van der Waals surface area (Å²) in [5, 5.41) is 0. The lowest BCUT2D eigenvalue weighted by atomic mass is 9.93. The molecule has 1 aliphatic carbocycles. The van der Waals surface area contributed by atoms with Gasteiger partial charge in [-0.1, -0.05) is 67.9 Å². The van der Waals surface area contributed by atoms with E-state index >= 15 is 0 Å². The predicted molar refractivity (Wildman–Crippen MR) is 121 cm³/mol. The number of fused-ring (bicyclic) bond motifs is 2. The van der Waals surface area contributed by atoms with E-state index in [-0.39, 0.29) is 0 Å². The van der Waals surface area contributed by atoms with Crippen LogP contribution in [0.4, 0.5) is 0 Å². The molecule has 0 fully saturated rings. The Labute approximate surface area is 174 Å². The fraction of sp³-hybridized carbons (Fsp3) is 0.417. The van der Waals surface area contributed by atoms with E-state index in [4.69, 9.17) is 20.6 Å². The molecule has 1 unspecified atom stereocenters. The maximum absolute atomic E-state index is 7.06. The fourth-order valence-corrected chi connectivity index (χ4v) is 7.63. The average molecular weight is 413 g/mol. The maximum Gasteiger partial charge on any atom is 0.169 e. The van der Waals surface area contributed by atoms with Crippen LogP contribution in [0.2, 0.25) is 13.1 Å². The van der Waals surface area contributed by atoms with Crippen molar-refractivity contribution in [2.24, 2.45) is 5.92 Å². The molecule has 0 aromatic heterocycles. The first kappa shape index (κ1) is 19.6. The van der Waals surface area contributed by atoms with Gasteiger partial charge >= 0.3 is 0 Å². The zero-order valence-corrected chi connectivity index (χ0v) is 19.4. The number of ether oxygens (including phenoxy) is 2. The molecule has 4 heteroatoms. The third kappa shape index (κ3) is 3.29. The van der Waals surface area contributed by atoms with Gasteiger partial charge in [0, 0.05) is 11.1 Å². The number of hydrogen-bond acceptors (Lipinski definition) is 2. The lowest BCUT2D eigenvalue weighted by Gasteiger charge is -2.30. The number of rotatable bonds is 3. The largest absolute Gasteiger partial charge is 0.486 e. The molecule has 1 atom stereocenters. The lowest BCUT2D eigenvalue weighted by molar-refractivity contribution is 0.172. The lowest BCUT2D eigenvalue weighted by Crippen LogP contribution is -2.30. The standard InChI is InChI=1S/C24H29ClO2Si/c1-14(2)18-12-19-20(24(18)28(5,6)25)13-21-23(27-8-7-26-21)22(19)17-10-15(3)9-16(4)11-17/h9-14,24H,7-8H2,1-6H3. The molecular weight excluding hydrogens is 384 g/mol. The van der Waals surface area contributed by atoms with Crippen molar-refractivity contribution in [1.82, 2.24) is 0 Å². The summed E-state index contributed by atoms with van der Waals surface area (Å²) in [4.78, 5) is 0. The monoisotopic (exact) mass is 412 g/mol. The van der Waals surface area contributed by atoms with E-state index in [1.165, 1.54) is 33.4 Å². The van der Waals surface area contributed by atoms with Crippen molar-refractivity contribution in [2.75, 3.05) is 13.2 Å². The van der Waals surface area contributed by atoms with E-state index in [2.05, 4.69) is 71.1 Å². The van der Waals surface area contributed by atoms with Gasteiger partial charge in [0.1, 0.15) is 13.2 Å². The molecule has 2 aromatic rings. The third-order valence-electron chi connectivity index (χ3n) is 5.72. The van der Waals surface area contributed by atoms with Crippen LogP contribution in [-0.2, 0) is 0 Å². The molecule has 0 saturated carbocycles. The van der Waals surface area contributed by atoms with Crippen LogP contribution < -0.4 is 9.47 Å². The first-order valence-electron chi connectivity index (χ1n) is 10.1. The van der Waals surface area contributed by atoms with E-state index in [9.17, 15) is 0 Å². The van der Waals surface area contributed by atoms with Crippen LogP contribution in [-0.4, -0.2) is 20.6 Å². The topological polar surface area (TPSA) is 18.5 Å². The van der Waals surface area contributed by atoms with E-state index < -0.39 is 7.38 Å². The van der Waals surface area contributed by atoms with Gasteiger partial charge in [0.25, 0.3) is 0 Å². The molecule has 0 spiro atoms. The second kappa shape index (κ2) is 6.96. The summed E-state index contributed by atoms with van der Waals surface area (Å²) >= 11 is 7.06. The van der Waals surface area contributed by atoms with Gasteiger partial charge in [-0.2, -0.15) is 11.1 Å². The van der Waals surface area contributed by atoms with Crippen LogP contribution in [0.15, 0.2) is 29.8 Å². The Bertz CT molecular complexity index is 949. The zero-order valence-electron chi connectivity index (χ0n) is 17.7. The molecule has 28 heavy (non-hydrogen) atoms. The van der Waals surface area contributed by atoms with Gasteiger partial charge in [-0.15, -0.1) is 0 Å². The summed E-state index contributed by atoms with van der Waals surface area (Å²) in [5.41, 5.74) is 9.19.